The van der Waals surface area contributed by atoms with Gasteiger partial charge in [-0.2, -0.15) is 0 Å². The molecule has 0 radical (unpaired) electrons. The molecular formula is C22H29NO. The van der Waals surface area contributed by atoms with E-state index in [1.54, 1.807) is 0 Å². The maximum absolute atomic E-state index is 13.1. The number of amides is 1. The van der Waals surface area contributed by atoms with Gasteiger partial charge in [-0.3, -0.25) is 4.79 Å². The van der Waals surface area contributed by atoms with E-state index < -0.39 is 0 Å². The molecule has 4 bridgehead atoms. The summed E-state index contributed by atoms with van der Waals surface area (Å²) in [5.74, 6) is 3.81. The molecule has 6 rings (SSSR count). The van der Waals surface area contributed by atoms with Crippen LogP contribution in [0.15, 0.2) is 30.3 Å². The highest BCUT2D eigenvalue weighted by Crippen LogP contribution is 2.64. The molecule has 0 aromatic heterocycles. The first-order chi connectivity index (χ1) is 11.8. The van der Waals surface area contributed by atoms with Gasteiger partial charge in [0.1, 0.15) is 0 Å². The zero-order valence-corrected chi connectivity index (χ0v) is 14.6. The number of rotatable bonds is 3. The van der Waals surface area contributed by atoms with E-state index in [0.717, 1.165) is 43.2 Å². The molecule has 4 aliphatic carbocycles. The highest BCUT2D eigenvalue weighted by Gasteiger charge is 2.58. The van der Waals surface area contributed by atoms with Crippen molar-refractivity contribution < 1.29 is 4.79 Å². The molecule has 5 fully saturated rings. The molecule has 128 valence electrons. The van der Waals surface area contributed by atoms with Gasteiger partial charge in [-0.25, -0.2) is 0 Å². The summed E-state index contributed by atoms with van der Waals surface area (Å²) in [4.78, 5) is 15.3. The fourth-order valence-electron chi connectivity index (χ4n) is 6.96. The van der Waals surface area contributed by atoms with E-state index in [2.05, 4.69) is 35.2 Å². The summed E-state index contributed by atoms with van der Waals surface area (Å²) in [7, 11) is 0. The minimum absolute atomic E-state index is 0.133. The summed E-state index contributed by atoms with van der Waals surface area (Å²) in [5.41, 5.74) is 1.60. The van der Waals surface area contributed by atoms with E-state index in [-0.39, 0.29) is 5.41 Å². The topological polar surface area (TPSA) is 20.3 Å². The van der Waals surface area contributed by atoms with Crippen molar-refractivity contribution in [3.8, 4) is 0 Å². The number of likely N-dealkylation sites (tertiary alicyclic amines) is 1. The van der Waals surface area contributed by atoms with Crippen LogP contribution in [0.4, 0.5) is 0 Å². The van der Waals surface area contributed by atoms with Crippen LogP contribution in [0.1, 0.15) is 56.9 Å². The maximum Gasteiger partial charge on any atom is 0.223 e. The van der Waals surface area contributed by atoms with E-state index in [1.165, 1.54) is 50.5 Å². The van der Waals surface area contributed by atoms with Crippen LogP contribution in [-0.4, -0.2) is 23.9 Å². The van der Waals surface area contributed by atoms with Gasteiger partial charge in [0.2, 0.25) is 5.91 Å². The first-order valence-corrected chi connectivity index (χ1v) is 10.1. The number of nitrogens with zero attached hydrogens (tertiary/aromatic N) is 1. The molecule has 2 heteroatoms. The van der Waals surface area contributed by atoms with Gasteiger partial charge < -0.3 is 4.90 Å². The lowest BCUT2D eigenvalue weighted by molar-refractivity contribution is -0.138. The molecule has 0 atom stereocenters. The number of carbonyl (C=O) groups excluding carboxylic acids is 1. The zero-order chi connectivity index (χ0) is 16.1. The van der Waals surface area contributed by atoms with Crippen molar-refractivity contribution in [3.63, 3.8) is 0 Å². The van der Waals surface area contributed by atoms with Crippen LogP contribution in [0.2, 0.25) is 0 Å². The van der Waals surface area contributed by atoms with Crippen molar-refractivity contribution in [1.82, 2.24) is 4.90 Å². The molecule has 1 amide bonds. The Kier molecular flexibility index (Phi) is 3.50. The summed E-state index contributed by atoms with van der Waals surface area (Å²) in [5, 5.41) is 0. The molecule has 1 heterocycles. The summed E-state index contributed by atoms with van der Waals surface area (Å²) in [6, 6.07) is 11.1. The van der Waals surface area contributed by atoms with Crippen molar-refractivity contribution in [3.05, 3.63) is 35.9 Å². The number of hydrogen-bond donors (Lipinski definition) is 0. The monoisotopic (exact) mass is 323 g/mol. The van der Waals surface area contributed by atoms with Crippen molar-refractivity contribution >= 4 is 5.91 Å². The minimum Gasteiger partial charge on any atom is -0.343 e. The fraction of sp³-hybridized carbons (Fsp3) is 0.682. The van der Waals surface area contributed by atoms with Crippen molar-refractivity contribution in [2.75, 3.05) is 13.1 Å². The molecular weight excluding hydrogens is 294 g/mol. The van der Waals surface area contributed by atoms with Gasteiger partial charge in [-0.15, -0.1) is 0 Å². The Labute approximate surface area is 145 Å². The van der Waals surface area contributed by atoms with E-state index in [9.17, 15) is 4.79 Å². The third kappa shape index (κ3) is 2.18. The van der Waals surface area contributed by atoms with Crippen molar-refractivity contribution in [2.45, 2.75) is 56.8 Å². The summed E-state index contributed by atoms with van der Waals surface area (Å²) in [6.45, 7) is 1.98. The van der Waals surface area contributed by atoms with Crippen molar-refractivity contribution in [2.24, 2.45) is 23.7 Å². The first-order valence-electron chi connectivity index (χ1n) is 10.1. The van der Waals surface area contributed by atoms with Gasteiger partial charge in [0.25, 0.3) is 0 Å². The second-order valence-corrected chi connectivity index (χ2v) is 8.98. The van der Waals surface area contributed by atoms with E-state index in [0.29, 0.717) is 5.91 Å². The van der Waals surface area contributed by atoms with Crippen LogP contribution in [-0.2, 0) is 10.2 Å². The number of benzene rings is 1. The first kappa shape index (κ1) is 15.0. The van der Waals surface area contributed by atoms with Crippen LogP contribution in [0.3, 0.4) is 0 Å². The molecule has 0 N–H and O–H groups in total. The molecule has 24 heavy (non-hydrogen) atoms. The van der Waals surface area contributed by atoms with E-state index >= 15 is 0 Å². The predicted octanol–water partition coefficient (Wildman–Crippen LogP) is 4.39. The molecule has 1 aromatic rings. The summed E-state index contributed by atoms with van der Waals surface area (Å²) in [6.07, 6.45) is 10.1. The second kappa shape index (κ2) is 5.61. The Bertz CT molecular complexity index is 588. The van der Waals surface area contributed by atoms with E-state index in [1.807, 2.05) is 0 Å². The largest absolute Gasteiger partial charge is 0.343 e. The highest BCUT2D eigenvalue weighted by atomic mass is 16.2. The zero-order valence-electron chi connectivity index (χ0n) is 14.6. The van der Waals surface area contributed by atoms with Crippen molar-refractivity contribution in [1.29, 1.82) is 0 Å². The predicted molar refractivity (Wildman–Crippen MR) is 95.6 cm³/mol. The lowest BCUT2D eigenvalue weighted by Crippen LogP contribution is -2.57. The van der Waals surface area contributed by atoms with Gasteiger partial charge in [-0.05, 0) is 74.2 Å². The molecule has 0 unspecified atom stereocenters. The van der Waals surface area contributed by atoms with Gasteiger partial charge in [0.15, 0.2) is 0 Å². The second-order valence-electron chi connectivity index (χ2n) is 8.98. The van der Waals surface area contributed by atoms with Crippen LogP contribution in [0, 0.1) is 23.7 Å². The third-order valence-electron chi connectivity index (χ3n) is 7.81. The Hall–Kier alpha value is -1.31. The molecule has 1 aromatic carbocycles. The Balaban J connectivity index is 1.53. The fourth-order valence-corrected chi connectivity index (χ4v) is 6.96. The average Bonchev–Trinajstić information content (AvgIpc) is 3.13. The third-order valence-corrected chi connectivity index (χ3v) is 7.81. The molecule has 1 saturated heterocycles. The smallest absolute Gasteiger partial charge is 0.223 e. The number of hydrogen-bond acceptors (Lipinski definition) is 1. The minimum atomic E-state index is 0.133. The average molecular weight is 323 g/mol. The standard InChI is InChI=1S/C22H29NO/c24-21(23-8-4-5-9-23)15-22(18-6-2-1-3-7-18)19-11-16-10-17(13-19)14-20(22)12-16/h1-3,6-7,16-17,19-20H,4-5,8-15H2. The number of carbonyl (C=O) groups is 1. The molecule has 5 aliphatic rings. The maximum atomic E-state index is 13.1. The van der Waals surface area contributed by atoms with Crippen LogP contribution >= 0.6 is 0 Å². The molecule has 4 saturated carbocycles. The molecule has 2 nitrogen and oxygen atoms in total. The molecule has 1 aliphatic heterocycles. The van der Waals surface area contributed by atoms with Crippen LogP contribution in [0.25, 0.3) is 0 Å². The highest BCUT2D eigenvalue weighted by molar-refractivity contribution is 5.78. The van der Waals surface area contributed by atoms with Gasteiger partial charge >= 0.3 is 0 Å². The SMILES string of the molecule is O=C(CC1(c2ccccc2)C2CC3CC(C2)CC1C3)N1CCCC1. The Morgan fingerprint density at radius 2 is 1.50 bits per heavy atom. The van der Waals surface area contributed by atoms with Gasteiger partial charge in [0, 0.05) is 24.9 Å². The Morgan fingerprint density at radius 1 is 0.917 bits per heavy atom. The quantitative estimate of drug-likeness (QED) is 0.807. The summed E-state index contributed by atoms with van der Waals surface area (Å²) < 4.78 is 0. The van der Waals surface area contributed by atoms with Gasteiger partial charge in [0.05, 0.1) is 0 Å². The normalized spacial score (nSPS) is 40.2. The van der Waals surface area contributed by atoms with Gasteiger partial charge in [-0.1, -0.05) is 30.3 Å². The van der Waals surface area contributed by atoms with Crippen LogP contribution in [0.5, 0.6) is 0 Å². The van der Waals surface area contributed by atoms with E-state index in [4.69, 9.17) is 0 Å². The lowest BCUT2D eigenvalue weighted by Gasteiger charge is -2.61. The lowest BCUT2D eigenvalue weighted by atomic mass is 9.43. The molecule has 0 spiro atoms. The Morgan fingerprint density at radius 3 is 2.08 bits per heavy atom. The van der Waals surface area contributed by atoms with Crippen LogP contribution < -0.4 is 0 Å². The summed E-state index contributed by atoms with van der Waals surface area (Å²) >= 11 is 0.